The number of benzene rings is 2. The first-order valence-electron chi connectivity index (χ1n) is 12.4. The topological polar surface area (TPSA) is 69.1 Å². The fourth-order valence-corrected chi connectivity index (χ4v) is 5.45. The third-order valence-electron chi connectivity index (χ3n) is 7.38. The van der Waals surface area contributed by atoms with Crippen molar-refractivity contribution >= 4 is 27.8 Å². The normalized spacial score (nSPS) is 17.3. The summed E-state index contributed by atoms with van der Waals surface area (Å²) in [5.41, 5.74) is 9.26. The van der Waals surface area contributed by atoms with Crippen molar-refractivity contribution in [2.45, 2.75) is 44.9 Å². The highest BCUT2D eigenvalue weighted by molar-refractivity contribution is 6.00. The Balaban J connectivity index is 1.52. The molecule has 2 aliphatic rings. The lowest BCUT2D eigenvalue weighted by Gasteiger charge is -2.29. The van der Waals surface area contributed by atoms with E-state index in [0.717, 1.165) is 36.4 Å². The molecule has 188 valence electrons. The number of nitrogens with two attached hydrogens (primary N) is 1. The van der Waals surface area contributed by atoms with Crippen molar-refractivity contribution in [1.29, 1.82) is 0 Å². The molecule has 3 heterocycles. The molecule has 0 spiro atoms. The van der Waals surface area contributed by atoms with Crippen molar-refractivity contribution < 1.29 is 18.0 Å². The summed E-state index contributed by atoms with van der Waals surface area (Å²) in [6, 6.07) is 9.84. The molecule has 1 fully saturated rings. The first-order chi connectivity index (χ1) is 17.1. The molecule has 4 aromatic rings. The van der Waals surface area contributed by atoms with Gasteiger partial charge in [-0.1, -0.05) is 12.1 Å². The molecule has 1 unspecified atom stereocenters. The van der Waals surface area contributed by atoms with Gasteiger partial charge in [-0.3, -0.25) is 4.79 Å². The van der Waals surface area contributed by atoms with Gasteiger partial charge < -0.3 is 19.8 Å². The molecular weight excluding hydrogens is 467 g/mol. The van der Waals surface area contributed by atoms with Crippen LogP contribution < -0.4 is 5.73 Å². The zero-order valence-corrected chi connectivity index (χ0v) is 20.3. The number of alkyl halides is 3. The van der Waals surface area contributed by atoms with E-state index < -0.39 is 11.7 Å². The predicted octanol–water partition coefficient (Wildman–Crippen LogP) is 4.97. The van der Waals surface area contributed by atoms with Crippen molar-refractivity contribution in [1.82, 2.24) is 19.0 Å². The highest BCUT2D eigenvalue weighted by Crippen LogP contribution is 2.41. The minimum absolute atomic E-state index is 0.0553. The molecule has 1 amide bonds. The third-order valence-corrected chi connectivity index (χ3v) is 7.38. The first-order valence-corrected chi connectivity index (χ1v) is 12.4. The molecule has 1 aliphatic carbocycles. The third kappa shape index (κ3) is 3.77. The Labute approximate surface area is 206 Å². The number of aromatic nitrogens is 3. The van der Waals surface area contributed by atoms with Crippen molar-refractivity contribution in [3.63, 3.8) is 0 Å². The lowest BCUT2D eigenvalue weighted by molar-refractivity contribution is -0.136. The monoisotopic (exact) mass is 495 g/mol. The lowest BCUT2D eigenvalue weighted by atomic mass is 9.97. The summed E-state index contributed by atoms with van der Waals surface area (Å²) in [5, 5.41) is 0.550. The number of carbonyl (C=O) groups is 1. The maximum atomic E-state index is 14.0. The van der Waals surface area contributed by atoms with E-state index in [1.54, 1.807) is 15.5 Å². The Bertz CT molecular complexity index is 1510. The van der Waals surface area contributed by atoms with E-state index in [2.05, 4.69) is 0 Å². The van der Waals surface area contributed by atoms with E-state index in [9.17, 15) is 18.0 Å². The average molecular weight is 496 g/mol. The van der Waals surface area contributed by atoms with Crippen LogP contribution in [0.15, 0.2) is 36.4 Å². The van der Waals surface area contributed by atoms with Gasteiger partial charge in [0.05, 0.1) is 27.8 Å². The summed E-state index contributed by atoms with van der Waals surface area (Å²) in [6.07, 6.45) is -1.69. The van der Waals surface area contributed by atoms with Gasteiger partial charge in [0.1, 0.15) is 0 Å². The van der Waals surface area contributed by atoms with Crippen LogP contribution in [0.5, 0.6) is 0 Å². The Hall–Kier alpha value is -3.33. The molecule has 0 bridgehead atoms. The lowest BCUT2D eigenvalue weighted by Crippen LogP contribution is -2.43. The number of nitrogens with zero attached hydrogens (tertiary/aromatic N) is 4. The summed E-state index contributed by atoms with van der Waals surface area (Å²) in [7, 11) is 1.88. The number of imidazole rings is 1. The van der Waals surface area contributed by atoms with Crippen LogP contribution in [0.4, 0.5) is 13.2 Å². The minimum atomic E-state index is -4.45. The van der Waals surface area contributed by atoms with Gasteiger partial charge in [0.2, 0.25) is 0 Å². The van der Waals surface area contributed by atoms with E-state index in [-0.39, 0.29) is 17.5 Å². The maximum absolute atomic E-state index is 14.0. The smallest absolute Gasteiger partial charge is 0.337 e. The number of fused-ring (bicyclic) bond motifs is 3. The molecule has 9 heteroatoms. The molecule has 2 aromatic heterocycles. The summed E-state index contributed by atoms with van der Waals surface area (Å²) < 4.78 is 45.6. The van der Waals surface area contributed by atoms with E-state index in [4.69, 9.17) is 10.7 Å². The van der Waals surface area contributed by atoms with Crippen LogP contribution in [0.2, 0.25) is 0 Å². The number of carbonyl (C=O) groups excluding carboxylic acids is 1. The van der Waals surface area contributed by atoms with Gasteiger partial charge in [0, 0.05) is 43.7 Å². The van der Waals surface area contributed by atoms with Gasteiger partial charge in [-0.2, -0.15) is 13.2 Å². The van der Waals surface area contributed by atoms with Gasteiger partial charge in [-0.15, -0.1) is 0 Å². The molecule has 1 aliphatic heterocycles. The molecule has 6 rings (SSSR count). The maximum Gasteiger partial charge on any atom is 0.418 e. The fraction of sp³-hybridized carbons (Fsp3) is 0.407. The van der Waals surface area contributed by atoms with Crippen molar-refractivity contribution in [3.05, 3.63) is 53.1 Å². The van der Waals surface area contributed by atoms with Crippen LogP contribution in [0.1, 0.15) is 41.3 Å². The Morgan fingerprint density at radius 3 is 2.67 bits per heavy atom. The largest absolute Gasteiger partial charge is 0.418 e. The number of hydrogen-bond donors (Lipinski definition) is 1. The van der Waals surface area contributed by atoms with E-state index in [0.29, 0.717) is 53.5 Å². The highest BCUT2D eigenvalue weighted by Gasteiger charge is 2.36. The van der Waals surface area contributed by atoms with Crippen molar-refractivity contribution in [2.75, 3.05) is 13.1 Å². The SMILES string of the molecule is CC(N)CN1CCc2cc3c(cc2C1=O)nc(-c1cc2cccc(C(F)(F)F)c2n1CC1CC1)n3C. The van der Waals surface area contributed by atoms with Crippen LogP contribution in [-0.4, -0.2) is 44.1 Å². The number of aryl methyl sites for hydroxylation is 1. The number of hydrogen-bond acceptors (Lipinski definition) is 3. The van der Waals surface area contributed by atoms with Crippen molar-refractivity contribution in [2.24, 2.45) is 18.7 Å². The summed E-state index contributed by atoms with van der Waals surface area (Å²) >= 11 is 0. The van der Waals surface area contributed by atoms with Crippen molar-refractivity contribution in [3.8, 4) is 11.5 Å². The van der Waals surface area contributed by atoms with Gasteiger partial charge in [-0.05, 0) is 61.9 Å². The summed E-state index contributed by atoms with van der Waals surface area (Å²) in [4.78, 5) is 19.7. The Kier molecular flexibility index (Phi) is 5.19. The first kappa shape index (κ1) is 23.1. The zero-order valence-electron chi connectivity index (χ0n) is 20.3. The minimum Gasteiger partial charge on any atom is -0.337 e. The average Bonchev–Trinajstić information content (AvgIpc) is 3.49. The molecule has 36 heavy (non-hydrogen) atoms. The van der Waals surface area contributed by atoms with Gasteiger partial charge in [0.15, 0.2) is 5.82 Å². The summed E-state index contributed by atoms with van der Waals surface area (Å²) in [6.45, 7) is 3.50. The standard InChI is InChI=1S/C27H28F3N5O/c1-15(31)13-34-9-8-17-10-22-21(12-19(17)26(34)36)32-25(33(22)2)23-11-18-4-3-5-20(27(28,29)30)24(18)35(23)14-16-6-7-16/h3-5,10-12,15-16H,6-9,13-14,31H2,1-2H3. The quantitative estimate of drug-likeness (QED) is 0.425. The highest BCUT2D eigenvalue weighted by atomic mass is 19.4. The fourth-order valence-electron chi connectivity index (χ4n) is 5.45. The number of para-hydroxylation sites is 1. The van der Waals surface area contributed by atoms with Crippen LogP contribution in [0.3, 0.4) is 0 Å². The predicted molar refractivity (Wildman–Crippen MR) is 133 cm³/mol. The molecule has 0 radical (unpaired) electrons. The van der Waals surface area contributed by atoms with Crippen LogP contribution in [0.25, 0.3) is 33.5 Å². The molecule has 2 N–H and O–H groups in total. The van der Waals surface area contributed by atoms with Crippen LogP contribution in [-0.2, 0) is 26.2 Å². The number of rotatable bonds is 5. The Morgan fingerprint density at radius 1 is 1.19 bits per heavy atom. The van der Waals surface area contributed by atoms with E-state index in [1.165, 1.54) is 6.07 Å². The van der Waals surface area contributed by atoms with Crippen LogP contribution >= 0.6 is 0 Å². The second-order valence-electron chi connectivity index (χ2n) is 10.3. The second-order valence-corrected chi connectivity index (χ2v) is 10.3. The second kappa shape index (κ2) is 8.09. The van der Waals surface area contributed by atoms with E-state index in [1.807, 2.05) is 36.7 Å². The van der Waals surface area contributed by atoms with Gasteiger partial charge >= 0.3 is 6.18 Å². The van der Waals surface area contributed by atoms with Gasteiger partial charge in [0.25, 0.3) is 5.91 Å². The molecule has 1 atom stereocenters. The molecule has 1 saturated carbocycles. The number of halogens is 3. The van der Waals surface area contributed by atoms with Gasteiger partial charge in [-0.25, -0.2) is 4.98 Å². The molecule has 2 aromatic carbocycles. The van der Waals surface area contributed by atoms with E-state index >= 15 is 0 Å². The zero-order chi connectivity index (χ0) is 25.4. The molecular formula is C27H28F3N5O. The molecule has 6 nitrogen and oxygen atoms in total. The summed E-state index contributed by atoms with van der Waals surface area (Å²) in [5.74, 6) is 0.911. The number of amides is 1. The molecule has 0 saturated heterocycles. The Morgan fingerprint density at radius 2 is 1.97 bits per heavy atom. The van der Waals surface area contributed by atoms with Crippen LogP contribution in [0, 0.1) is 5.92 Å².